The van der Waals surface area contributed by atoms with Gasteiger partial charge in [-0.2, -0.15) is 0 Å². The normalized spacial score (nSPS) is 9.93. The van der Waals surface area contributed by atoms with Gasteiger partial charge in [-0.15, -0.1) is 5.43 Å². The van der Waals surface area contributed by atoms with Crippen molar-refractivity contribution in [3.8, 4) is 0 Å². The Kier molecular flexibility index (Phi) is 4.35. The van der Waals surface area contributed by atoms with E-state index in [9.17, 15) is 0 Å². The second-order valence-electron chi connectivity index (χ2n) is 3.05. The molecule has 0 amide bonds. The highest BCUT2D eigenvalue weighted by Crippen LogP contribution is 2.01. The first kappa shape index (κ1) is 11.5. The van der Waals surface area contributed by atoms with Crippen molar-refractivity contribution < 1.29 is 4.68 Å². The van der Waals surface area contributed by atoms with E-state index in [-0.39, 0.29) is 0 Å². The number of pyridine rings is 1. The van der Waals surface area contributed by atoms with Gasteiger partial charge in [-0.3, -0.25) is 0 Å². The second kappa shape index (κ2) is 5.32. The van der Waals surface area contributed by atoms with Crippen molar-refractivity contribution in [1.29, 1.82) is 0 Å². The third-order valence-corrected chi connectivity index (χ3v) is 2.88. The number of thiocarbonyl (C=S) groups is 1. The molecule has 1 aromatic heterocycles. The van der Waals surface area contributed by atoms with Crippen molar-refractivity contribution in [3.05, 3.63) is 29.6 Å². The fraction of sp³-hybridized carbons (Fsp3) is 0.400. The zero-order valence-electron chi connectivity index (χ0n) is 8.70. The molecule has 1 N–H and O–H groups in total. The Morgan fingerprint density at radius 3 is 2.86 bits per heavy atom. The molecule has 0 radical (unpaired) electrons. The lowest BCUT2D eigenvalue weighted by atomic mass is 10.2. The number of nitrogens with zero attached hydrogens (tertiary/aromatic N) is 1. The summed E-state index contributed by atoms with van der Waals surface area (Å²) in [4.78, 5) is 0. The van der Waals surface area contributed by atoms with Gasteiger partial charge < -0.3 is 0 Å². The van der Waals surface area contributed by atoms with Crippen LogP contribution in [0, 0.1) is 13.8 Å². The molecule has 0 aliphatic carbocycles. The fourth-order valence-electron chi connectivity index (χ4n) is 1.14. The highest BCUT2D eigenvalue weighted by atomic mass is 32.2. The van der Waals surface area contributed by atoms with Crippen molar-refractivity contribution in [2.45, 2.75) is 20.8 Å². The van der Waals surface area contributed by atoms with Crippen LogP contribution < -0.4 is 10.1 Å². The van der Waals surface area contributed by atoms with Gasteiger partial charge >= 0.3 is 0 Å². The van der Waals surface area contributed by atoms with Crippen molar-refractivity contribution >= 4 is 28.3 Å². The SMILES string of the molecule is CCSC(=S)N[n+]1ccc(C)cc1C. The highest BCUT2D eigenvalue weighted by molar-refractivity contribution is 8.23. The topological polar surface area (TPSA) is 15.9 Å². The summed E-state index contributed by atoms with van der Waals surface area (Å²) in [6.45, 7) is 6.22. The van der Waals surface area contributed by atoms with E-state index >= 15 is 0 Å². The molecule has 0 bridgehead atoms. The minimum absolute atomic E-state index is 0.810. The zero-order valence-corrected chi connectivity index (χ0v) is 10.3. The summed E-state index contributed by atoms with van der Waals surface area (Å²) in [5.74, 6) is 0.997. The maximum Gasteiger partial charge on any atom is 0.209 e. The number of rotatable bonds is 2. The van der Waals surface area contributed by atoms with Crippen LogP contribution in [0.3, 0.4) is 0 Å². The average molecular weight is 227 g/mol. The molecule has 0 unspecified atom stereocenters. The van der Waals surface area contributed by atoms with Crippen molar-refractivity contribution in [2.75, 3.05) is 11.2 Å². The number of nitrogens with one attached hydrogen (secondary N) is 1. The zero-order chi connectivity index (χ0) is 10.6. The molecular formula is C10H15N2S2+. The number of hydrogen-bond acceptors (Lipinski definition) is 2. The minimum atomic E-state index is 0.810. The standard InChI is InChI=1S/C10H14N2S2/c1-4-14-10(13)11-12-6-5-8(2)7-9(12)3/h5-7H,4H2,1-3H3/p+1. The molecule has 0 aromatic carbocycles. The number of aryl methyl sites for hydroxylation is 2. The molecule has 0 aliphatic rings. The van der Waals surface area contributed by atoms with E-state index in [2.05, 4.69) is 38.3 Å². The Morgan fingerprint density at radius 2 is 2.29 bits per heavy atom. The summed E-state index contributed by atoms with van der Waals surface area (Å²) in [5.41, 5.74) is 5.56. The first-order chi connectivity index (χ1) is 6.63. The van der Waals surface area contributed by atoms with Gasteiger partial charge in [0, 0.05) is 19.1 Å². The largest absolute Gasteiger partial charge is 0.209 e. The predicted octanol–water partition coefficient (Wildman–Crippen LogP) is 2.17. The van der Waals surface area contributed by atoms with E-state index in [1.165, 1.54) is 5.56 Å². The van der Waals surface area contributed by atoms with Gasteiger partial charge in [0.15, 0.2) is 10.5 Å². The molecule has 0 spiro atoms. The van der Waals surface area contributed by atoms with E-state index in [1.54, 1.807) is 11.8 Å². The van der Waals surface area contributed by atoms with Gasteiger partial charge in [0.05, 0.1) is 0 Å². The van der Waals surface area contributed by atoms with Crippen molar-refractivity contribution in [3.63, 3.8) is 0 Å². The van der Waals surface area contributed by atoms with E-state index in [4.69, 9.17) is 12.2 Å². The van der Waals surface area contributed by atoms with Crippen LogP contribution in [0.1, 0.15) is 18.2 Å². The van der Waals surface area contributed by atoms with Gasteiger partial charge in [-0.05, 0) is 30.5 Å². The van der Waals surface area contributed by atoms with Crippen LogP contribution in [0.4, 0.5) is 0 Å². The van der Waals surface area contributed by atoms with Gasteiger partial charge in [0.2, 0.25) is 5.69 Å². The summed E-state index contributed by atoms with van der Waals surface area (Å²) in [6.07, 6.45) is 1.99. The van der Waals surface area contributed by atoms with Gasteiger partial charge in [0.1, 0.15) is 0 Å². The number of hydrogen-bond donors (Lipinski definition) is 1. The third-order valence-electron chi connectivity index (χ3n) is 1.79. The van der Waals surface area contributed by atoms with Crippen molar-refractivity contribution in [2.24, 2.45) is 0 Å². The molecule has 1 heterocycles. The molecule has 14 heavy (non-hydrogen) atoms. The first-order valence-electron chi connectivity index (χ1n) is 4.56. The summed E-state index contributed by atoms with van der Waals surface area (Å²) in [6, 6.07) is 4.17. The van der Waals surface area contributed by atoms with Crippen LogP contribution in [0.5, 0.6) is 0 Å². The smallest absolute Gasteiger partial charge is 0.143 e. The molecule has 76 valence electrons. The molecule has 4 heteroatoms. The Balaban J connectivity index is 2.72. The third kappa shape index (κ3) is 3.27. The van der Waals surface area contributed by atoms with Gasteiger partial charge in [-0.1, -0.05) is 23.4 Å². The lowest BCUT2D eigenvalue weighted by Gasteiger charge is -2.02. The molecule has 2 nitrogen and oxygen atoms in total. The summed E-state index contributed by atoms with van der Waals surface area (Å²) in [7, 11) is 0. The monoisotopic (exact) mass is 227 g/mol. The van der Waals surface area contributed by atoms with E-state index in [0.717, 1.165) is 15.8 Å². The van der Waals surface area contributed by atoms with Gasteiger partial charge in [-0.25, -0.2) is 0 Å². The number of aromatic nitrogens is 1. The summed E-state index contributed by atoms with van der Waals surface area (Å²) >= 11 is 6.80. The summed E-state index contributed by atoms with van der Waals surface area (Å²) < 4.78 is 2.75. The van der Waals surface area contributed by atoms with E-state index < -0.39 is 0 Å². The maximum absolute atomic E-state index is 5.16. The van der Waals surface area contributed by atoms with Crippen LogP contribution in [0.15, 0.2) is 18.3 Å². The Morgan fingerprint density at radius 1 is 1.57 bits per heavy atom. The van der Waals surface area contributed by atoms with Crippen LogP contribution >= 0.6 is 24.0 Å². The Bertz CT molecular complexity index is 337. The molecule has 1 rings (SSSR count). The molecular weight excluding hydrogens is 212 g/mol. The molecule has 0 atom stereocenters. The maximum atomic E-state index is 5.16. The minimum Gasteiger partial charge on any atom is -0.143 e. The average Bonchev–Trinajstić information content (AvgIpc) is 2.10. The molecule has 0 fully saturated rings. The Labute approximate surface area is 94.7 Å². The van der Waals surface area contributed by atoms with Crippen molar-refractivity contribution in [1.82, 2.24) is 0 Å². The van der Waals surface area contributed by atoms with Crippen LogP contribution in [0.25, 0.3) is 0 Å². The molecule has 0 aliphatic heterocycles. The number of thioether (sulfide) groups is 1. The van der Waals surface area contributed by atoms with E-state index in [1.807, 2.05) is 10.9 Å². The second-order valence-corrected chi connectivity index (χ2v) is 4.99. The highest BCUT2D eigenvalue weighted by Gasteiger charge is 2.07. The van der Waals surface area contributed by atoms with E-state index in [0.29, 0.717) is 0 Å². The lowest BCUT2D eigenvalue weighted by Crippen LogP contribution is -2.49. The quantitative estimate of drug-likeness (QED) is 0.616. The van der Waals surface area contributed by atoms with Crippen LogP contribution in [-0.2, 0) is 0 Å². The molecule has 1 aromatic rings. The predicted molar refractivity (Wildman–Crippen MR) is 66.2 cm³/mol. The summed E-state index contributed by atoms with van der Waals surface area (Å²) in [5, 5.41) is 0. The first-order valence-corrected chi connectivity index (χ1v) is 5.95. The fourth-order valence-corrected chi connectivity index (χ4v) is 2.02. The molecule has 0 saturated carbocycles. The lowest BCUT2D eigenvalue weighted by molar-refractivity contribution is -0.646. The Hall–Kier alpha value is -0.610. The van der Waals surface area contributed by atoms with Gasteiger partial charge in [0.25, 0.3) is 0 Å². The molecule has 0 saturated heterocycles. The van der Waals surface area contributed by atoms with Crippen LogP contribution in [-0.4, -0.2) is 10.1 Å². The van der Waals surface area contributed by atoms with Crippen LogP contribution in [0.2, 0.25) is 0 Å².